The monoisotopic (exact) mass is 413 g/mol. The summed E-state index contributed by atoms with van der Waals surface area (Å²) < 4.78 is 38.8. The van der Waals surface area contributed by atoms with E-state index in [9.17, 15) is 18.3 Å². The van der Waals surface area contributed by atoms with Crippen LogP contribution in [0.15, 0.2) is 48.5 Å². The van der Waals surface area contributed by atoms with E-state index >= 15 is 0 Å². The maximum Gasteiger partial charge on any atom is 0.416 e. The third kappa shape index (κ3) is 5.23. The van der Waals surface area contributed by atoms with Crippen molar-refractivity contribution in [1.29, 1.82) is 0 Å². The Hall–Kier alpha value is -2.12. The van der Waals surface area contributed by atoms with Gasteiger partial charge in [0.2, 0.25) is 0 Å². The second-order valence-corrected chi connectivity index (χ2v) is 7.07. The molecular weight excluding hydrogens is 391 g/mol. The average Bonchev–Trinajstić information content (AvgIpc) is 2.72. The first-order valence-electron chi connectivity index (χ1n) is 9.12. The molecule has 1 aliphatic rings. The number of benzene rings is 2. The van der Waals surface area contributed by atoms with Crippen molar-refractivity contribution in [3.8, 4) is 0 Å². The van der Waals surface area contributed by atoms with E-state index in [2.05, 4.69) is 10.2 Å². The number of nitrogens with zero attached hydrogens (tertiary/aromatic N) is 2. The van der Waals surface area contributed by atoms with Gasteiger partial charge in [-0.15, -0.1) is 11.6 Å². The highest BCUT2D eigenvalue weighted by Gasteiger charge is 2.31. The summed E-state index contributed by atoms with van der Waals surface area (Å²) in [5, 5.41) is 12.6. The zero-order valence-electron chi connectivity index (χ0n) is 15.3. The van der Waals surface area contributed by atoms with E-state index < -0.39 is 17.8 Å². The van der Waals surface area contributed by atoms with Crippen LogP contribution >= 0.6 is 11.6 Å². The lowest BCUT2D eigenvalue weighted by molar-refractivity contribution is -0.137. The van der Waals surface area contributed by atoms with Gasteiger partial charge in [0.15, 0.2) is 0 Å². The molecule has 28 heavy (non-hydrogen) atoms. The molecule has 8 heteroatoms. The molecule has 0 aromatic heterocycles. The minimum Gasteiger partial charge on any atom is -0.390 e. The van der Waals surface area contributed by atoms with Crippen molar-refractivity contribution in [2.75, 3.05) is 53.7 Å². The van der Waals surface area contributed by atoms with Crippen LogP contribution in [0.5, 0.6) is 0 Å². The molecular formula is C20H23ClF3N3O. The average molecular weight is 414 g/mol. The Balaban J connectivity index is 1.57. The molecule has 0 aliphatic carbocycles. The molecule has 2 aromatic carbocycles. The molecule has 3 rings (SSSR count). The quantitative estimate of drug-likeness (QED) is 0.701. The first-order valence-corrected chi connectivity index (χ1v) is 9.65. The van der Waals surface area contributed by atoms with Crippen molar-refractivity contribution >= 4 is 28.7 Å². The van der Waals surface area contributed by atoms with Crippen LogP contribution in [0.4, 0.5) is 30.2 Å². The van der Waals surface area contributed by atoms with Crippen molar-refractivity contribution in [3.63, 3.8) is 0 Å². The van der Waals surface area contributed by atoms with E-state index in [0.717, 1.165) is 30.5 Å². The normalized spacial score (nSPS) is 16.2. The van der Waals surface area contributed by atoms with Gasteiger partial charge in [-0.1, -0.05) is 6.07 Å². The summed E-state index contributed by atoms with van der Waals surface area (Å²) in [5.41, 5.74) is 1.95. The summed E-state index contributed by atoms with van der Waals surface area (Å²) in [5.74, 6) is 0.182. The lowest BCUT2D eigenvalue weighted by Gasteiger charge is -2.37. The SMILES string of the molecule is OC(CCl)CNc1ccc(N2CCN(c3cccc(C(F)(F)F)c3)CC2)cc1. The molecule has 4 nitrogen and oxygen atoms in total. The third-order valence-corrected chi connectivity index (χ3v) is 5.13. The molecule has 0 spiro atoms. The molecule has 0 amide bonds. The van der Waals surface area contributed by atoms with Crippen LogP contribution in [-0.4, -0.2) is 49.8 Å². The van der Waals surface area contributed by atoms with Crippen LogP contribution in [-0.2, 0) is 6.18 Å². The second kappa shape index (κ2) is 8.92. The van der Waals surface area contributed by atoms with Gasteiger partial charge in [0.05, 0.1) is 17.5 Å². The number of alkyl halides is 4. The number of nitrogens with one attached hydrogen (secondary N) is 1. The van der Waals surface area contributed by atoms with Gasteiger partial charge in [-0.2, -0.15) is 13.2 Å². The summed E-state index contributed by atoms with van der Waals surface area (Å²) in [4.78, 5) is 4.19. The molecule has 0 saturated carbocycles. The molecule has 1 aliphatic heterocycles. The number of hydrogen-bond acceptors (Lipinski definition) is 4. The second-order valence-electron chi connectivity index (χ2n) is 6.76. The molecule has 2 aromatic rings. The van der Waals surface area contributed by atoms with Crippen LogP contribution in [0.3, 0.4) is 0 Å². The van der Waals surface area contributed by atoms with Gasteiger partial charge < -0.3 is 20.2 Å². The first kappa shape index (κ1) is 20.6. The largest absolute Gasteiger partial charge is 0.416 e. The fourth-order valence-electron chi connectivity index (χ4n) is 3.18. The summed E-state index contributed by atoms with van der Waals surface area (Å²) in [6.45, 7) is 3.16. The van der Waals surface area contributed by atoms with Gasteiger partial charge in [-0.3, -0.25) is 0 Å². The molecule has 152 valence electrons. The van der Waals surface area contributed by atoms with Gasteiger partial charge in [0, 0.05) is 49.8 Å². The van der Waals surface area contributed by atoms with E-state index in [4.69, 9.17) is 11.6 Å². The summed E-state index contributed by atoms with van der Waals surface area (Å²) in [6, 6.07) is 13.4. The minimum atomic E-state index is -4.33. The maximum atomic E-state index is 12.9. The Morgan fingerprint density at radius 1 is 0.964 bits per heavy atom. The van der Waals surface area contributed by atoms with E-state index in [1.54, 1.807) is 6.07 Å². The zero-order chi connectivity index (χ0) is 20.1. The summed E-state index contributed by atoms with van der Waals surface area (Å²) in [6.07, 6.45) is -4.92. The van der Waals surface area contributed by atoms with Crippen molar-refractivity contribution in [2.24, 2.45) is 0 Å². The highest BCUT2D eigenvalue weighted by atomic mass is 35.5. The predicted octanol–water partition coefficient (Wildman–Crippen LogP) is 4.04. The van der Waals surface area contributed by atoms with Gasteiger partial charge >= 0.3 is 6.18 Å². The lowest BCUT2D eigenvalue weighted by Crippen LogP contribution is -2.46. The van der Waals surface area contributed by atoms with Crippen LogP contribution in [0.1, 0.15) is 5.56 Å². The minimum absolute atomic E-state index is 0.182. The fourth-order valence-corrected chi connectivity index (χ4v) is 3.29. The van der Waals surface area contributed by atoms with E-state index in [0.29, 0.717) is 25.3 Å². The highest BCUT2D eigenvalue weighted by Crippen LogP contribution is 2.32. The topological polar surface area (TPSA) is 38.7 Å². The number of halogens is 4. The number of anilines is 3. The van der Waals surface area contributed by atoms with Crippen molar-refractivity contribution in [3.05, 3.63) is 54.1 Å². The Labute approximate surface area is 167 Å². The molecule has 1 fully saturated rings. The van der Waals surface area contributed by atoms with Crippen LogP contribution in [0.25, 0.3) is 0 Å². The zero-order valence-corrected chi connectivity index (χ0v) is 16.0. The van der Waals surface area contributed by atoms with E-state index in [1.807, 2.05) is 29.2 Å². The molecule has 0 radical (unpaired) electrons. The van der Waals surface area contributed by atoms with Crippen LogP contribution in [0, 0.1) is 0 Å². The molecule has 0 bridgehead atoms. The van der Waals surface area contributed by atoms with Gasteiger partial charge in [-0.05, 0) is 42.5 Å². The van der Waals surface area contributed by atoms with E-state index in [-0.39, 0.29) is 5.88 Å². The fraction of sp³-hybridized carbons (Fsp3) is 0.400. The lowest BCUT2D eigenvalue weighted by atomic mass is 10.1. The standard InChI is InChI=1S/C20H23ClF3N3O/c21-13-19(28)14-25-16-4-6-17(7-5-16)26-8-10-27(11-9-26)18-3-1-2-15(12-18)20(22,23)24/h1-7,12,19,25,28H,8-11,13-14H2. The molecule has 1 unspecified atom stereocenters. The maximum absolute atomic E-state index is 12.9. The summed E-state index contributed by atoms with van der Waals surface area (Å²) >= 11 is 5.58. The number of hydrogen-bond donors (Lipinski definition) is 2. The van der Waals surface area contributed by atoms with Gasteiger partial charge in [0.25, 0.3) is 0 Å². The number of aliphatic hydroxyl groups excluding tert-OH is 1. The smallest absolute Gasteiger partial charge is 0.390 e. The highest BCUT2D eigenvalue weighted by molar-refractivity contribution is 6.18. The molecule has 1 heterocycles. The Bertz CT molecular complexity index is 762. The number of piperazine rings is 1. The van der Waals surface area contributed by atoms with Crippen molar-refractivity contribution < 1.29 is 18.3 Å². The van der Waals surface area contributed by atoms with Gasteiger partial charge in [0.1, 0.15) is 0 Å². The number of aliphatic hydroxyl groups is 1. The van der Waals surface area contributed by atoms with E-state index in [1.165, 1.54) is 12.1 Å². The third-order valence-electron chi connectivity index (χ3n) is 4.77. The first-order chi connectivity index (χ1) is 13.4. The van der Waals surface area contributed by atoms with Gasteiger partial charge in [-0.25, -0.2) is 0 Å². The molecule has 1 saturated heterocycles. The number of rotatable bonds is 6. The molecule has 1 atom stereocenters. The summed E-state index contributed by atoms with van der Waals surface area (Å²) in [7, 11) is 0. The predicted molar refractivity (Wildman–Crippen MR) is 108 cm³/mol. The van der Waals surface area contributed by atoms with Crippen molar-refractivity contribution in [2.45, 2.75) is 12.3 Å². The molecule has 2 N–H and O–H groups in total. The Morgan fingerprint density at radius 2 is 1.57 bits per heavy atom. The Kier molecular flexibility index (Phi) is 6.57. The van der Waals surface area contributed by atoms with Crippen LogP contribution < -0.4 is 15.1 Å². The van der Waals surface area contributed by atoms with Crippen molar-refractivity contribution in [1.82, 2.24) is 0 Å². The Morgan fingerprint density at radius 3 is 2.14 bits per heavy atom. The van der Waals surface area contributed by atoms with Crippen LogP contribution in [0.2, 0.25) is 0 Å².